The lowest BCUT2D eigenvalue weighted by Crippen LogP contribution is -2.60. The van der Waals surface area contributed by atoms with Gasteiger partial charge in [0.05, 0.1) is 0 Å². The summed E-state index contributed by atoms with van der Waals surface area (Å²) < 4.78 is 5.28. The molecular weight excluding hydrogens is 248 g/mol. The molecule has 20 heavy (non-hydrogen) atoms. The summed E-state index contributed by atoms with van der Waals surface area (Å²) in [6.07, 6.45) is 6.64. The molecule has 0 aliphatic carbocycles. The number of likely N-dealkylation sites (N-methyl/N-ethyl adjacent to an activating group) is 1. The zero-order valence-electron chi connectivity index (χ0n) is 14.4. The highest BCUT2D eigenvalue weighted by Gasteiger charge is 2.37. The van der Waals surface area contributed by atoms with Gasteiger partial charge in [0.2, 0.25) is 0 Å². The van der Waals surface area contributed by atoms with Crippen molar-refractivity contribution in [3.63, 3.8) is 0 Å². The van der Waals surface area contributed by atoms with Crippen LogP contribution in [0, 0.1) is 5.92 Å². The van der Waals surface area contributed by atoms with Gasteiger partial charge in [-0.2, -0.15) is 0 Å². The van der Waals surface area contributed by atoms with Crippen LogP contribution in [0.15, 0.2) is 0 Å². The number of nitrogens with one attached hydrogen (secondary N) is 1. The number of rotatable bonds is 8. The van der Waals surface area contributed by atoms with Crippen molar-refractivity contribution in [3.05, 3.63) is 0 Å². The van der Waals surface area contributed by atoms with E-state index in [1.807, 2.05) is 0 Å². The first-order chi connectivity index (χ1) is 9.54. The van der Waals surface area contributed by atoms with Gasteiger partial charge < -0.3 is 10.1 Å². The summed E-state index contributed by atoms with van der Waals surface area (Å²) >= 11 is 0. The summed E-state index contributed by atoms with van der Waals surface area (Å²) in [5.41, 5.74) is 0.216. The Bertz CT molecular complexity index is 247. The molecule has 3 heteroatoms. The predicted molar refractivity (Wildman–Crippen MR) is 87.2 cm³/mol. The van der Waals surface area contributed by atoms with Gasteiger partial charge in [-0.1, -0.05) is 26.7 Å². The molecule has 120 valence electrons. The van der Waals surface area contributed by atoms with Gasteiger partial charge in [-0.15, -0.1) is 0 Å². The van der Waals surface area contributed by atoms with Crippen molar-refractivity contribution in [2.45, 2.75) is 71.4 Å². The van der Waals surface area contributed by atoms with Crippen molar-refractivity contribution in [1.29, 1.82) is 0 Å². The molecule has 2 atom stereocenters. The molecule has 0 saturated carbocycles. The van der Waals surface area contributed by atoms with Crippen molar-refractivity contribution >= 4 is 0 Å². The Balaban J connectivity index is 2.74. The standard InChI is InChI=1S/C17H36N2O/c1-6-18-16(15(2)11-14-20-5)17(3,4)19-12-9-7-8-10-13-19/h15-16,18H,6-14H2,1-5H3. The monoisotopic (exact) mass is 284 g/mol. The highest BCUT2D eigenvalue weighted by molar-refractivity contribution is 4.96. The van der Waals surface area contributed by atoms with E-state index >= 15 is 0 Å². The third-order valence-electron chi connectivity index (χ3n) is 4.95. The molecule has 1 heterocycles. The Morgan fingerprint density at radius 3 is 2.25 bits per heavy atom. The maximum Gasteiger partial charge on any atom is 0.0465 e. The molecule has 2 unspecified atom stereocenters. The molecule has 1 aliphatic rings. The van der Waals surface area contributed by atoms with Gasteiger partial charge >= 0.3 is 0 Å². The van der Waals surface area contributed by atoms with E-state index in [9.17, 15) is 0 Å². The molecular formula is C17H36N2O. The Morgan fingerprint density at radius 2 is 1.75 bits per heavy atom. The fraction of sp³-hybridized carbons (Fsp3) is 1.00. The molecule has 1 fully saturated rings. The highest BCUT2D eigenvalue weighted by atomic mass is 16.5. The van der Waals surface area contributed by atoms with Crippen molar-refractivity contribution in [1.82, 2.24) is 10.2 Å². The summed E-state index contributed by atoms with van der Waals surface area (Å²) in [7, 11) is 1.80. The van der Waals surface area contributed by atoms with Crippen LogP contribution in [-0.4, -0.2) is 49.8 Å². The SMILES string of the molecule is CCNC(C(C)CCOC)C(C)(C)N1CCCCCC1. The van der Waals surface area contributed by atoms with E-state index < -0.39 is 0 Å². The fourth-order valence-corrected chi connectivity index (χ4v) is 3.68. The molecule has 0 bridgehead atoms. The maximum atomic E-state index is 5.28. The van der Waals surface area contributed by atoms with Gasteiger partial charge in [0.1, 0.15) is 0 Å². The van der Waals surface area contributed by atoms with E-state index in [1.165, 1.54) is 38.8 Å². The molecule has 1 N–H and O–H groups in total. The van der Waals surface area contributed by atoms with Crippen LogP contribution in [0.2, 0.25) is 0 Å². The Kier molecular flexibility index (Phi) is 8.08. The van der Waals surface area contributed by atoms with E-state index in [2.05, 4.69) is 37.9 Å². The molecule has 0 aromatic carbocycles. The topological polar surface area (TPSA) is 24.5 Å². The van der Waals surface area contributed by atoms with Gasteiger partial charge in [0.15, 0.2) is 0 Å². The van der Waals surface area contributed by atoms with Crippen molar-refractivity contribution in [2.24, 2.45) is 5.92 Å². The van der Waals surface area contributed by atoms with Gasteiger partial charge in [-0.25, -0.2) is 0 Å². The van der Waals surface area contributed by atoms with Gasteiger partial charge in [0.25, 0.3) is 0 Å². The largest absolute Gasteiger partial charge is 0.385 e. The summed E-state index contributed by atoms with van der Waals surface area (Å²) in [6, 6.07) is 0.528. The molecule has 0 spiro atoms. The quantitative estimate of drug-likeness (QED) is 0.740. The van der Waals surface area contributed by atoms with Crippen LogP contribution in [0.5, 0.6) is 0 Å². The number of nitrogens with zero attached hydrogens (tertiary/aromatic N) is 1. The van der Waals surface area contributed by atoms with E-state index in [1.54, 1.807) is 7.11 Å². The zero-order chi connectivity index (χ0) is 15.0. The lowest BCUT2D eigenvalue weighted by Gasteiger charge is -2.46. The van der Waals surface area contributed by atoms with Crippen LogP contribution in [0.3, 0.4) is 0 Å². The van der Waals surface area contributed by atoms with Crippen molar-refractivity contribution in [3.8, 4) is 0 Å². The first-order valence-electron chi connectivity index (χ1n) is 8.51. The molecule has 0 radical (unpaired) electrons. The van der Waals surface area contributed by atoms with E-state index in [4.69, 9.17) is 4.74 Å². The van der Waals surface area contributed by atoms with Gasteiger partial charge in [-0.3, -0.25) is 4.90 Å². The summed E-state index contributed by atoms with van der Waals surface area (Å²) in [5.74, 6) is 0.633. The average molecular weight is 284 g/mol. The second-order valence-electron chi connectivity index (χ2n) is 6.85. The Labute approximate surface area is 126 Å². The number of hydrogen-bond donors (Lipinski definition) is 1. The minimum absolute atomic E-state index is 0.216. The molecule has 0 aromatic rings. The zero-order valence-corrected chi connectivity index (χ0v) is 14.4. The predicted octanol–water partition coefficient (Wildman–Crippen LogP) is 3.29. The van der Waals surface area contributed by atoms with Crippen molar-refractivity contribution < 1.29 is 4.74 Å². The lowest BCUT2D eigenvalue weighted by atomic mass is 9.82. The minimum Gasteiger partial charge on any atom is -0.385 e. The maximum absolute atomic E-state index is 5.28. The van der Waals surface area contributed by atoms with Crippen LogP contribution >= 0.6 is 0 Å². The Morgan fingerprint density at radius 1 is 1.15 bits per heavy atom. The Hall–Kier alpha value is -0.120. The third-order valence-corrected chi connectivity index (χ3v) is 4.95. The summed E-state index contributed by atoms with van der Waals surface area (Å²) in [6.45, 7) is 13.8. The number of ether oxygens (including phenoxy) is 1. The number of likely N-dealkylation sites (tertiary alicyclic amines) is 1. The van der Waals surface area contributed by atoms with Gasteiger partial charge in [0, 0.05) is 25.3 Å². The number of methoxy groups -OCH3 is 1. The normalized spacial score (nSPS) is 21.4. The molecule has 1 aliphatic heterocycles. The summed E-state index contributed by atoms with van der Waals surface area (Å²) in [4.78, 5) is 2.72. The number of hydrogen-bond acceptors (Lipinski definition) is 3. The average Bonchev–Trinajstić information content (AvgIpc) is 2.71. The van der Waals surface area contributed by atoms with Crippen LogP contribution in [0.1, 0.15) is 59.8 Å². The van der Waals surface area contributed by atoms with Gasteiger partial charge in [-0.05, 0) is 58.7 Å². The smallest absolute Gasteiger partial charge is 0.0465 e. The lowest BCUT2D eigenvalue weighted by molar-refractivity contribution is 0.0536. The van der Waals surface area contributed by atoms with Crippen LogP contribution in [0.25, 0.3) is 0 Å². The second-order valence-corrected chi connectivity index (χ2v) is 6.85. The second kappa shape index (κ2) is 9.01. The molecule has 1 saturated heterocycles. The molecule has 1 rings (SSSR count). The third kappa shape index (κ3) is 5.01. The fourth-order valence-electron chi connectivity index (χ4n) is 3.68. The van der Waals surface area contributed by atoms with Crippen LogP contribution in [0.4, 0.5) is 0 Å². The first kappa shape index (κ1) is 17.9. The molecule has 3 nitrogen and oxygen atoms in total. The van der Waals surface area contributed by atoms with E-state index in [-0.39, 0.29) is 5.54 Å². The van der Waals surface area contributed by atoms with E-state index in [0.717, 1.165) is 19.6 Å². The van der Waals surface area contributed by atoms with Crippen LogP contribution < -0.4 is 5.32 Å². The summed E-state index contributed by atoms with van der Waals surface area (Å²) in [5, 5.41) is 3.75. The highest BCUT2D eigenvalue weighted by Crippen LogP contribution is 2.28. The van der Waals surface area contributed by atoms with Crippen molar-refractivity contribution in [2.75, 3.05) is 33.4 Å². The molecule has 0 aromatic heterocycles. The first-order valence-corrected chi connectivity index (χ1v) is 8.51. The van der Waals surface area contributed by atoms with Crippen LogP contribution in [-0.2, 0) is 4.74 Å². The molecule has 0 amide bonds. The van der Waals surface area contributed by atoms with E-state index in [0.29, 0.717) is 12.0 Å². The minimum atomic E-state index is 0.216.